The van der Waals surface area contributed by atoms with Crippen molar-refractivity contribution in [2.24, 2.45) is 0 Å². The van der Waals surface area contributed by atoms with Gasteiger partial charge in [-0.25, -0.2) is 0 Å². The largest absolute Gasteiger partial charge is 0.457 e. The summed E-state index contributed by atoms with van der Waals surface area (Å²) in [6.45, 7) is 3.74. The van der Waals surface area contributed by atoms with E-state index < -0.39 is 0 Å². The van der Waals surface area contributed by atoms with Gasteiger partial charge >= 0.3 is 0 Å². The second-order valence-corrected chi connectivity index (χ2v) is 10.0. The van der Waals surface area contributed by atoms with Crippen LogP contribution in [0.3, 0.4) is 0 Å². The Labute approximate surface area is 222 Å². The number of rotatable bonds is 7. The Bertz CT molecular complexity index is 1350. The highest BCUT2D eigenvalue weighted by Crippen LogP contribution is 2.42. The third kappa shape index (κ3) is 4.97. The molecule has 1 N–H and O–H groups in total. The first-order chi connectivity index (χ1) is 18.2. The van der Waals surface area contributed by atoms with E-state index in [-0.39, 0.29) is 18.2 Å². The Balaban J connectivity index is 1.33. The molecule has 2 aromatic heterocycles. The van der Waals surface area contributed by atoms with Crippen LogP contribution in [0, 0.1) is 6.92 Å². The van der Waals surface area contributed by atoms with Gasteiger partial charge in [0.2, 0.25) is 0 Å². The molecule has 2 aliphatic rings. The van der Waals surface area contributed by atoms with Crippen molar-refractivity contribution < 1.29 is 9.47 Å². The van der Waals surface area contributed by atoms with Crippen molar-refractivity contribution in [2.75, 3.05) is 11.5 Å². The number of thiocarbonyl (C=S) groups is 1. The second kappa shape index (κ2) is 10.4. The average Bonchev–Trinajstić information content (AvgIpc) is 3.67. The fourth-order valence-electron chi connectivity index (χ4n) is 5.22. The van der Waals surface area contributed by atoms with E-state index in [9.17, 15) is 0 Å². The van der Waals surface area contributed by atoms with Crippen LogP contribution in [0.5, 0.6) is 11.5 Å². The van der Waals surface area contributed by atoms with Crippen LogP contribution < -0.4 is 15.0 Å². The number of aryl methyl sites for hydroxylation is 1. The van der Waals surface area contributed by atoms with Crippen LogP contribution in [-0.2, 0) is 11.3 Å². The van der Waals surface area contributed by atoms with E-state index in [4.69, 9.17) is 21.7 Å². The van der Waals surface area contributed by atoms with Gasteiger partial charge in [0.25, 0.3) is 0 Å². The van der Waals surface area contributed by atoms with Gasteiger partial charge in [0, 0.05) is 36.9 Å². The smallest absolute Gasteiger partial charge is 0.174 e. The number of hydrogen-bond donors (Lipinski definition) is 1. The van der Waals surface area contributed by atoms with Gasteiger partial charge < -0.3 is 24.3 Å². The second-order valence-electron chi connectivity index (χ2n) is 9.63. The number of hydrogen-bond acceptors (Lipinski definition) is 4. The lowest BCUT2D eigenvalue weighted by atomic mass is 10.0. The average molecular weight is 511 g/mol. The van der Waals surface area contributed by atoms with E-state index in [1.165, 1.54) is 11.3 Å². The zero-order valence-corrected chi connectivity index (χ0v) is 21.6. The summed E-state index contributed by atoms with van der Waals surface area (Å²) in [4.78, 5) is 6.88. The number of anilines is 1. The lowest BCUT2D eigenvalue weighted by molar-refractivity contribution is 0.0961. The van der Waals surface area contributed by atoms with Crippen molar-refractivity contribution in [1.29, 1.82) is 0 Å². The minimum atomic E-state index is -0.0877. The van der Waals surface area contributed by atoms with Crippen molar-refractivity contribution in [1.82, 2.24) is 14.9 Å². The molecule has 0 unspecified atom stereocenters. The summed E-state index contributed by atoms with van der Waals surface area (Å²) in [6.07, 6.45) is 6.44. The van der Waals surface area contributed by atoms with Crippen molar-refractivity contribution in [3.63, 3.8) is 0 Å². The van der Waals surface area contributed by atoms with Crippen LogP contribution in [0.4, 0.5) is 5.69 Å². The lowest BCUT2D eigenvalue weighted by Crippen LogP contribution is -2.31. The maximum absolute atomic E-state index is 6.07. The molecule has 6 nitrogen and oxygen atoms in total. The van der Waals surface area contributed by atoms with Gasteiger partial charge in [0.15, 0.2) is 5.11 Å². The number of aromatic nitrogens is 2. The van der Waals surface area contributed by atoms with Gasteiger partial charge in [-0.05, 0) is 92.6 Å². The first-order valence-electron chi connectivity index (χ1n) is 12.8. The van der Waals surface area contributed by atoms with Crippen LogP contribution in [0.1, 0.15) is 41.9 Å². The lowest BCUT2D eigenvalue weighted by Gasteiger charge is -2.29. The van der Waals surface area contributed by atoms with E-state index >= 15 is 0 Å². The number of pyridine rings is 1. The maximum atomic E-state index is 6.07. The topological polar surface area (TPSA) is 51.5 Å². The third-order valence-electron chi connectivity index (χ3n) is 7.06. The normalized spacial score (nSPS) is 21.3. The standard InChI is InChI=1S/C30H30N4O2S/c1-21-9-13-23(14-10-21)36-24-15-11-22(12-16-24)34-29(28(32-30(34)37)26-7-2-3-17-31-26)27-8-4-18-33(27)20-25-6-5-19-35-25/h2-4,7-18,25,28-29H,5-6,19-20H2,1H3,(H,32,37)/t25-,28-,29+/m0/s1. The quantitative estimate of drug-likeness (QED) is 0.293. The van der Waals surface area contributed by atoms with Gasteiger partial charge in [-0.1, -0.05) is 23.8 Å². The monoisotopic (exact) mass is 510 g/mol. The Kier molecular flexibility index (Phi) is 6.64. The zero-order chi connectivity index (χ0) is 25.2. The summed E-state index contributed by atoms with van der Waals surface area (Å²) in [5, 5.41) is 4.24. The highest BCUT2D eigenvalue weighted by molar-refractivity contribution is 7.80. The minimum Gasteiger partial charge on any atom is -0.457 e. The number of benzene rings is 2. The van der Waals surface area contributed by atoms with Gasteiger partial charge in [-0.3, -0.25) is 4.98 Å². The predicted octanol–water partition coefficient (Wildman–Crippen LogP) is 6.34. The highest BCUT2D eigenvalue weighted by atomic mass is 32.1. The molecule has 0 spiro atoms. The molecule has 4 aromatic rings. The van der Waals surface area contributed by atoms with Gasteiger partial charge in [-0.15, -0.1) is 0 Å². The number of nitrogens with one attached hydrogen (secondary N) is 1. The van der Waals surface area contributed by atoms with Crippen LogP contribution in [0.2, 0.25) is 0 Å². The molecular weight excluding hydrogens is 480 g/mol. The molecule has 0 saturated carbocycles. The summed E-state index contributed by atoms with van der Waals surface area (Å²) < 4.78 is 14.3. The third-order valence-corrected chi connectivity index (χ3v) is 7.38. The van der Waals surface area contributed by atoms with Crippen molar-refractivity contribution in [3.05, 3.63) is 108 Å². The molecule has 188 valence electrons. The molecule has 4 heterocycles. The molecule has 0 radical (unpaired) electrons. The van der Waals surface area contributed by atoms with E-state index in [1.807, 2.05) is 54.7 Å². The molecule has 2 saturated heterocycles. The molecule has 2 aromatic carbocycles. The predicted molar refractivity (Wildman–Crippen MR) is 149 cm³/mol. The summed E-state index contributed by atoms with van der Waals surface area (Å²) in [7, 11) is 0. The fraction of sp³-hybridized carbons (Fsp3) is 0.267. The maximum Gasteiger partial charge on any atom is 0.174 e. The molecule has 0 aliphatic carbocycles. The minimum absolute atomic E-state index is 0.0670. The summed E-state index contributed by atoms with van der Waals surface area (Å²) in [5.74, 6) is 1.60. The van der Waals surface area contributed by atoms with Crippen molar-refractivity contribution in [2.45, 2.75) is 44.5 Å². The Morgan fingerprint density at radius 1 is 1.00 bits per heavy atom. The van der Waals surface area contributed by atoms with Gasteiger partial charge in [0.05, 0.1) is 17.8 Å². The first kappa shape index (κ1) is 23.7. The summed E-state index contributed by atoms with van der Waals surface area (Å²) in [6, 6.07) is 26.4. The van der Waals surface area contributed by atoms with Crippen molar-refractivity contribution in [3.8, 4) is 11.5 Å². The van der Waals surface area contributed by atoms with Gasteiger partial charge in [-0.2, -0.15) is 0 Å². The van der Waals surface area contributed by atoms with Crippen LogP contribution >= 0.6 is 12.2 Å². The fourth-order valence-corrected chi connectivity index (χ4v) is 5.57. The Morgan fingerprint density at radius 3 is 2.49 bits per heavy atom. The number of ether oxygens (including phenoxy) is 2. The summed E-state index contributed by atoms with van der Waals surface area (Å²) in [5.41, 5.74) is 4.34. The molecular formula is C30H30N4O2S. The van der Waals surface area contributed by atoms with E-state index in [2.05, 4.69) is 63.2 Å². The molecule has 0 amide bonds. The zero-order valence-electron chi connectivity index (χ0n) is 20.8. The Hall–Kier alpha value is -3.68. The molecule has 37 heavy (non-hydrogen) atoms. The Morgan fingerprint density at radius 2 is 1.78 bits per heavy atom. The van der Waals surface area contributed by atoms with Crippen LogP contribution in [-0.4, -0.2) is 27.4 Å². The molecule has 3 atom stereocenters. The highest BCUT2D eigenvalue weighted by Gasteiger charge is 2.42. The van der Waals surface area contributed by atoms with Gasteiger partial charge in [0.1, 0.15) is 17.5 Å². The summed E-state index contributed by atoms with van der Waals surface area (Å²) >= 11 is 5.91. The molecule has 2 aliphatic heterocycles. The molecule has 6 rings (SSSR count). The van der Waals surface area contributed by atoms with E-state index in [1.54, 1.807) is 0 Å². The first-order valence-corrected chi connectivity index (χ1v) is 13.2. The number of nitrogens with zero attached hydrogens (tertiary/aromatic N) is 3. The SMILES string of the molecule is Cc1ccc(Oc2ccc(N3C(=S)N[C@@H](c4ccccn4)[C@H]3c3cccn3C[C@@H]3CCCO3)cc2)cc1. The van der Waals surface area contributed by atoms with Crippen LogP contribution in [0.15, 0.2) is 91.3 Å². The molecule has 0 bridgehead atoms. The van der Waals surface area contributed by atoms with Crippen molar-refractivity contribution >= 4 is 23.0 Å². The van der Waals surface area contributed by atoms with E-state index in [0.29, 0.717) is 5.11 Å². The molecule has 2 fully saturated rings. The van der Waals surface area contributed by atoms with Crippen LogP contribution in [0.25, 0.3) is 0 Å². The van der Waals surface area contributed by atoms with E-state index in [0.717, 1.165) is 48.9 Å². The molecule has 7 heteroatoms.